The third-order valence-corrected chi connectivity index (χ3v) is 4.77. The zero-order valence-corrected chi connectivity index (χ0v) is 11.9. The highest BCUT2D eigenvalue weighted by Crippen LogP contribution is 2.28. The monoisotopic (exact) mass is 276 g/mol. The molecular weight excluding hydrogens is 256 g/mol. The summed E-state index contributed by atoms with van der Waals surface area (Å²) >= 11 is 1.61. The first-order valence-corrected chi connectivity index (χ1v) is 7.89. The third-order valence-electron chi connectivity index (χ3n) is 3.86. The molecule has 2 heterocycles. The summed E-state index contributed by atoms with van der Waals surface area (Å²) in [5.74, 6) is 0. The predicted molar refractivity (Wildman–Crippen MR) is 77.1 cm³/mol. The van der Waals surface area contributed by atoms with Crippen LogP contribution in [0.5, 0.6) is 0 Å². The Bertz CT molecular complexity index is 499. The Morgan fingerprint density at radius 1 is 1.37 bits per heavy atom. The van der Waals surface area contributed by atoms with Crippen molar-refractivity contribution in [3.05, 3.63) is 34.5 Å². The summed E-state index contributed by atoms with van der Waals surface area (Å²) in [6, 6.07) is 2.72. The molecule has 0 aliphatic heterocycles. The van der Waals surface area contributed by atoms with Crippen molar-refractivity contribution < 1.29 is 0 Å². The zero-order chi connectivity index (χ0) is 13.1. The molecule has 0 aromatic carbocycles. The highest BCUT2D eigenvalue weighted by molar-refractivity contribution is 7.09. The van der Waals surface area contributed by atoms with Gasteiger partial charge in [-0.15, -0.1) is 11.3 Å². The molecule has 5 heteroatoms. The molecule has 0 spiro atoms. The minimum Gasteiger partial charge on any atom is -0.323 e. The van der Waals surface area contributed by atoms with Crippen molar-refractivity contribution in [2.45, 2.75) is 50.6 Å². The van der Waals surface area contributed by atoms with Crippen LogP contribution in [0.3, 0.4) is 0 Å². The lowest BCUT2D eigenvalue weighted by Gasteiger charge is -2.21. The van der Waals surface area contributed by atoms with E-state index in [9.17, 15) is 0 Å². The van der Waals surface area contributed by atoms with Crippen LogP contribution >= 0.6 is 11.3 Å². The molecule has 4 nitrogen and oxygen atoms in total. The summed E-state index contributed by atoms with van der Waals surface area (Å²) in [6.45, 7) is 0. The quantitative estimate of drug-likeness (QED) is 0.933. The van der Waals surface area contributed by atoms with E-state index >= 15 is 0 Å². The molecule has 1 fully saturated rings. The lowest BCUT2D eigenvalue weighted by molar-refractivity contribution is 0.328. The van der Waals surface area contributed by atoms with Crippen molar-refractivity contribution in [1.82, 2.24) is 14.8 Å². The summed E-state index contributed by atoms with van der Waals surface area (Å²) < 4.78 is 2.15. The maximum atomic E-state index is 6.18. The van der Waals surface area contributed by atoms with Gasteiger partial charge in [-0.25, -0.2) is 0 Å². The van der Waals surface area contributed by atoms with Gasteiger partial charge in [-0.05, 0) is 18.9 Å². The molecule has 1 aliphatic carbocycles. The molecule has 0 amide bonds. The van der Waals surface area contributed by atoms with E-state index in [2.05, 4.69) is 21.9 Å². The Hall–Kier alpha value is -1.20. The van der Waals surface area contributed by atoms with Gasteiger partial charge >= 0.3 is 0 Å². The van der Waals surface area contributed by atoms with Gasteiger partial charge in [0.2, 0.25) is 0 Å². The second-order valence-electron chi connectivity index (χ2n) is 5.29. The van der Waals surface area contributed by atoms with Gasteiger partial charge in [0.1, 0.15) is 0 Å². The van der Waals surface area contributed by atoms with E-state index < -0.39 is 0 Å². The van der Waals surface area contributed by atoms with Gasteiger partial charge < -0.3 is 5.73 Å². The van der Waals surface area contributed by atoms with Crippen LogP contribution in [0.1, 0.15) is 54.8 Å². The van der Waals surface area contributed by atoms with Gasteiger partial charge in [-0.3, -0.25) is 9.67 Å². The van der Waals surface area contributed by atoms with Crippen molar-refractivity contribution in [3.63, 3.8) is 0 Å². The zero-order valence-electron chi connectivity index (χ0n) is 11.0. The largest absolute Gasteiger partial charge is 0.323 e. The summed E-state index contributed by atoms with van der Waals surface area (Å²) in [5, 5.41) is 4.70. The fraction of sp³-hybridized carbons (Fsp3) is 0.571. The van der Waals surface area contributed by atoms with E-state index in [0.717, 1.165) is 17.0 Å². The maximum absolute atomic E-state index is 6.18. The highest BCUT2D eigenvalue weighted by Gasteiger charge is 2.17. The number of hydrogen-bond donors (Lipinski definition) is 1. The standard InChI is InChI=1S/C14H20N4S/c15-13(14-9-16-10-19-14)8-11-6-7-18(17-11)12-4-2-1-3-5-12/h6-7,9-10,12-13H,1-5,8,15H2. The molecule has 2 aromatic rings. The van der Waals surface area contributed by atoms with E-state index in [1.807, 2.05) is 11.7 Å². The average molecular weight is 276 g/mol. The van der Waals surface area contributed by atoms with Gasteiger partial charge in [-0.1, -0.05) is 19.3 Å². The van der Waals surface area contributed by atoms with E-state index in [1.54, 1.807) is 11.3 Å². The lowest BCUT2D eigenvalue weighted by atomic mass is 9.96. The first-order valence-electron chi connectivity index (χ1n) is 7.01. The second-order valence-corrected chi connectivity index (χ2v) is 6.21. The van der Waals surface area contributed by atoms with Gasteiger partial charge in [-0.2, -0.15) is 5.10 Å². The van der Waals surface area contributed by atoms with Crippen LogP contribution in [-0.4, -0.2) is 14.8 Å². The molecule has 1 aliphatic rings. The van der Waals surface area contributed by atoms with Gasteiger partial charge in [0.15, 0.2) is 0 Å². The first kappa shape index (κ1) is 12.8. The van der Waals surface area contributed by atoms with Crippen molar-refractivity contribution in [2.75, 3.05) is 0 Å². The molecule has 1 unspecified atom stereocenters. The summed E-state index contributed by atoms with van der Waals surface area (Å²) in [7, 11) is 0. The lowest BCUT2D eigenvalue weighted by Crippen LogP contribution is -2.15. The number of rotatable bonds is 4. The molecule has 0 radical (unpaired) electrons. The molecule has 102 valence electrons. The van der Waals surface area contributed by atoms with Crippen LogP contribution in [0.2, 0.25) is 0 Å². The van der Waals surface area contributed by atoms with Crippen molar-refractivity contribution >= 4 is 11.3 Å². The van der Waals surface area contributed by atoms with E-state index in [1.165, 1.54) is 32.1 Å². The normalized spacial score (nSPS) is 18.6. The fourth-order valence-electron chi connectivity index (χ4n) is 2.77. The highest BCUT2D eigenvalue weighted by atomic mass is 32.1. The summed E-state index contributed by atoms with van der Waals surface area (Å²) in [5.41, 5.74) is 9.10. The Morgan fingerprint density at radius 3 is 2.95 bits per heavy atom. The fourth-order valence-corrected chi connectivity index (χ4v) is 3.39. The SMILES string of the molecule is NC(Cc1ccn(C2CCCCC2)n1)c1cncs1. The molecular formula is C14H20N4S. The van der Waals surface area contributed by atoms with Crippen LogP contribution in [0.25, 0.3) is 0 Å². The first-order chi connectivity index (χ1) is 9.33. The molecule has 19 heavy (non-hydrogen) atoms. The Labute approximate surface area is 117 Å². The molecule has 3 rings (SSSR count). The smallest absolute Gasteiger partial charge is 0.0794 e. The molecule has 0 saturated heterocycles. The maximum Gasteiger partial charge on any atom is 0.0794 e. The minimum atomic E-state index is 0.0159. The van der Waals surface area contributed by atoms with E-state index in [0.29, 0.717) is 6.04 Å². The third kappa shape index (κ3) is 3.04. The number of nitrogens with zero attached hydrogens (tertiary/aromatic N) is 3. The number of thiazole rings is 1. The Kier molecular flexibility index (Phi) is 3.94. The van der Waals surface area contributed by atoms with Crippen LogP contribution in [0, 0.1) is 0 Å². The van der Waals surface area contributed by atoms with Crippen molar-refractivity contribution in [3.8, 4) is 0 Å². The van der Waals surface area contributed by atoms with Crippen molar-refractivity contribution in [2.24, 2.45) is 5.73 Å². The second kappa shape index (κ2) is 5.84. The predicted octanol–water partition coefficient (Wildman–Crippen LogP) is 3.09. The summed E-state index contributed by atoms with van der Waals surface area (Å²) in [6.07, 6.45) is 11.3. The number of hydrogen-bond acceptors (Lipinski definition) is 4. The average Bonchev–Trinajstić information content (AvgIpc) is 3.11. The van der Waals surface area contributed by atoms with Gasteiger partial charge in [0.05, 0.1) is 17.2 Å². The molecule has 1 saturated carbocycles. The summed E-state index contributed by atoms with van der Waals surface area (Å²) in [4.78, 5) is 5.21. The number of aromatic nitrogens is 3. The molecule has 0 bridgehead atoms. The van der Waals surface area contributed by atoms with Crippen LogP contribution < -0.4 is 5.73 Å². The molecule has 2 N–H and O–H groups in total. The van der Waals surface area contributed by atoms with Gasteiger partial charge in [0, 0.05) is 29.7 Å². The van der Waals surface area contributed by atoms with Crippen LogP contribution in [0.15, 0.2) is 24.0 Å². The Morgan fingerprint density at radius 2 is 2.21 bits per heavy atom. The minimum absolute atomic E-state index is 0.0159. The van der Waals surface area contributed by atoms with E-state index in [4.69, 9.17) is 10.8 Å². The van der Waals surface area contributed by atoms with Crippen molar-refractivity contribution in [1.29, 1.82) is 0 Å². The number of nitrogens with two attached hydrogens (primary N) is 1. The van der Waals surface area contributed by atoms with Gasteiger partial charge in [0.25, 0.3) is 0 Å². The molecule has 2 aromatic heterocycles. The topological polar surface area (TPSA) is 56.7 Å². The van der Waals surface area contributed by atoms with E-state index in [-0.39, 0.29) is 6.04 Å². The van der Waals surface area contributed by atoms with Crippen LogP contribution in [-0.2, 0) is 6.42 Å². The Balaban J connectivity index is 1.64. The van der Waals surface area contributed by atoms with Crippen LogP contribution in [0.4, 0.5) is 0 Å². The molecule has 1 atom stereocenters.